The van der Waals surface area contributed by atoms with Crippen LogP contribution in [0.1, 0.15) is 122 Å². The Balaban J connectivity index is 1.91. The Hall–Kier alpha value is -0.300. The average Bonchev–Trinajstić information content (AvgIpc) is 2.65. The minimum atomic E-state index is 1.02. The zero-order valence-corrected chi connectivity index (χ0v) is 17.7. The van der Waals surface area contributed by atoms with Crippen molar-refractivity contribution in [1.82, 2.24) is 4.90 Å². The van der Waals surface area contributed by atoms with Gasteiger partial charge in [0, 0.05) is 0 Å². The van der Waals surface area contributed by atoms with Crippen molar-refractivity contribution in [3.05, 3.63) is 12.2 Å². The van der Waals surface area contributed by atoms with Gasteiger partial charge >= 0.3 is 0 Å². The Morgan fingerprint density at radius 2 is 0.846 bits per heavy atom. The van der Waals surface area contributed by atoms with Crippen molar-refractivity contribution in [2.45, 2.75) is 122 Å². The molecular weight excluding hydrogens is 314 g/mol. The van der Waals surface area contributed by atoms with Crippen LogP contribution < -0.4 is 0 Å². The highest BCUT2D eigenvalue weighted by molar-refractivity contribution is 4.82. The van der Waals surface area contributed by atoms with E-state index in [2.05, 4.69) is 17.1 Å². The van der Waals surface area contributed by atoms with E-state index in [1.165, 1.54) is 142 Å². The summed E-state index contributed by atoms with van der Waals surface area (Å²) in [4.78, 5) is 2.78. The summed E-state index contributed by atoms with van der Waals surface area (Å²) < 4.78 is 0. The monoisotopic (exact) mass is 361 g/mol. The molecule has 0 aliphatic carbocycles. The molecule has 3 aliphatic heterocycles. The number of fused-ring (bicyclic) bond motifs is 20. The Morgan fingerprint density at radius 1 is 0.423 bits per heavy atom. The molecule has 0 N–H and O–H groups in total. The van der Waals surface area contributed by atoms with Gasteiger partial charge in [-0.1, -0.05) is 95.6 Å². The van der Waals surface area contributed by atoms with Crippen molar-refractivity contribution < 1.29 is 0 Å². The van der Waals surface area contributed by atoms with E-state index in [0.717, 1.165) is 5.92 Å². The standard InChI is InChI=1S/C25H47N/c1-4-10-16-22-26-23-17-11-5-2-8-14-20-25(19-13-7-1)21-15-9-3-6-12-18-24-26/h1,4,25H,2-3,5-24H2. The Morgan fingerprint density at radius 3 is 1.46 bits per heavy atom. The Bertz CT molecular complexity index is 283. The molecule has 2 bridgehead atoms. The molecule has 0 atom stereocenters. The van der Waals surface area contributed by atoms with Crippen molar-refractivity contribution in [3.8, 4) is 0 Å². The normalized spacial score (nSPS) is 29.8. The lowest BCUT2D eigenvalue weighted by Crippen LogP contribution is -2.27. The molecule has 0 aromatic carbocycles. The number of hydrogen-bond acceptors (Lipinski definition) is 1. The van der Waals surface area contributed by atoms with Gasteiger partial charge < -0.3 is 4.90 Å². The summed E-state index contributed by atoms with van der Waals surface area (Å²) >= 11 is 0. The molecule has 1 fully saturated rings. The summed E-state index contributed by atoms with van der Waals surface area (Å²) in [5, 5.41) is 0. The van der Waals surface area contributed by atoms with Crippen molar-refractivity contribution in [2.75, 3.05) is 19.6 Å². The van der Waals surface area contributed by atoms with Crippen LogP contribution in [0, 0.1) is 5.92 Å². The summed E-state index contributed by atoms with van der Waals surface area (Å²) in [5.74, 6) is 1.02. The predicted octanol–water partition coefficient (Wildman–Crippen LogP) is 7.90. The van der Waals surface area contributed by atoms with Crippen LogP contribution in [-0.4, -0.2) is 24.5 Å². The molecule has 26 heavy (non-hydrogen) atoms. The SMILES string of the molecule is C1=CCCCN2CCCCCCCCC(CCC1)CCCCCCCC2. The van der Waals surface area contributed by atoms with Crippen LogP contribution in [-0.2, 0) is 0 Å². The second kappa shape index (κ2) is 15.7. The first kappa shape index (κ1) is 22.0. The van der Waals surface area contributed by atoms with Crippen LogP contribution in [0.25, 0.3) is 0 Å². The molecule has 0 amide bonds. The van der Waals surface area contributed by atoms with Crippen LogP contribution in [0.2, 0.25) is 0 Å². The molecule has 152 valence electrons. The third-order valence-electron chi connectivity index (χ3n) is 6.67. The number of nitrogens with zero attached hydrogens (tertiary/aromatic N) is 1. The van der Waals surface area contributed by atoms with E-state index >= 15 is 0 Å². The van der Waals surface area contributed by atoms with E-state index in [-0.39, 0.29) is 0 Å². The molecule has 1 heteroatoms. The highest BCUT2D eigenvalue weighted by Crippen LogP contribution is 2.24. The van der Waals surface area contributed by atoms with Gasteiger partial charge in [-0.05, 0) is 64.1 Å². The lowest BCUT2D eigenvalue weighted by molar-refractivity contribution is 0.257. The van der Waals surface area contributed by atoms with Gasteiger partial charge in [-0.15, -0.1) is 0 Å². The third kappa shape index (κ3) is 11.4. The largest absolute Gasteiger partial charge is 0.303 e. The molecule has 3 rings (SSSR count). The van der Waals surface area contributed by atoms with E-state index < -0.39 is 0 Å². The number of hydrogen-bond donors (Lipinski definition) is 0. The quantitative estimate of drug-likeness (QED) is 0.396. The Kier molecular flexibility index (Phi) is 13.3. The molecule has 1 nitrogen and oxygen atoms in total. The van der Waals surface area contributed by atoms with Gasteiger partial charge in [-0.3, -0.25) is 0 Å². The highest BCUT2D eigenvalue weighted by atomic mass is 15.1. The maximum atomic E-state index is 2.78. The van der Waals surface area contributed by atoms with Crippen LogP contribution in [0.5, 0.6) is 0 Å². The first-order valence-corrected chi connectivity index (χ1v) is 12.3. The van der Waals surface area contributed by atoms with E-state index in [9.17, 15) is 0 Å². The topological polar surface area (TPSA) is 3.24 Å². The van der Waals surface area contributed by atoms with Gasteiger partial charge in [0.25, 0.3) is 0 Å². The van der Waals surface area contributed by atoms with Crippen LogP contribution in [0.4, 0.5) is 0 Å². The summed E-state index contributed by atoms with van der Waals surface area (Å²) in [7, 11) is 0. The first-order valence-electron chi connectivity index (χ1n) is 12.3. The molecule has 0 aromatic heterocycles. The van der Waals surface area contributed by atoms with Crippen molar-refractivity contribution in [1.29, 1.82) is 0 Å². The fourth-order valence-corrected chi connectivity index (χ4v) is 4.91. The van der Waals surface area contributed by atoms with Gasteiger partial charge in [0.15, 0.2) is 0 Å². The van der Waals surface area contributed by atoms with Gasteiger partial charge in [-0.2, -0.15) is 0 Å². The van der Waals surface area contributed by atoms with Crippen molar-refractivity contribution >= 4 is 0 Å². The first-order chi connectivity index (χ1) is 12.9. The smallest absolute Gasteiger partial charge is 0.00158 e. The molecule has 3 heterocycles. The molecular formula is C25H47N. The fourth-order valence-electron chi connectivity index (χ4n) is 4.91. The minimum Gasteiger partial charge on any atom is -0.303 e. The fraction of sp³-hybridized carbons (Fsp3) is 0.920. The molecule has 3 aliphatic rings. The average molecular weight is 362 g/mol. The van der Waals surface area contributed by atoms with Gasteiger partial charge in [-0.25, -0.2) is 0 Å². The summed E-state index contributed by atoms with van der Waals surface area (Å²) in [5.41, 5.74) is 0. The molecule has 1 saturated heterocycles. The molecule has 0 aromatic rings. The van der Waals surface area contributed by atoms with Gasteiger partial charge in [0.1, 0.15) is 0 Å². The molecule has 0 spiro atoms. The van der Waals surface area contributed by atoms with Crippen LogP contribution >= 0.6 is 0 Å². The maximum absolute atomic E-state index is 2.78. The summed E-state index contributed by atoms with van der Waals surface area (Å²) in [6.07, 6.45) is 32.5. The predicted molar refractivity (Wildman–Crippen MR) is 117 cm³/mol. The zero-order valence-electron chi connectivity index (χ0n) is 17.7. The van der Waals surface area contributed by atoms with E-state index in [4.69, 9.17) is 0 Å². The zero-order chi connectivity index (χ0) is 18.1. The number of allylic oxidation sites excluding steroid dienone is 2. The van der Waals surface area contributed by atoms with Crippen LogP contribution in [0.15, 0.2) is 12.2 Å². The lowest BCUT2D eigenvalue weighted by atomic mass is 9.89. The van der Waals surface area contributed by atoms with Crippen molar-refractivity contribution in [3.63, 3.8) is 0 Å². The maximum Gasteiger partial charge on any atom is -0.00158 e. The van der Waals surface area contributed by atoms with Crippen molar-refractivity contribution in [2.24, 2.45) is 5.92 Å². The molecule has 0 saturated carbocycles. The summed E-state index contributed by atoms with van der Waals surface area (Å²) in [6, 6.07) is 0. The molecule has 0 unspecified atom stereocenters. The Labute approximate surface area is 165 Å². The third-order valence-corrected chi connectivity index (χ3v) is 6.67. The van der Waals surface area contributed by atoms with E-state index in [1.807, 2.05) is 0 Å². The highest BCUT2D eigenvalue weighted by Gasteiger charge is 2.09. The van der Waals surface area contributed by atoms with Crippen LogP contribution in [0.3, 0.4) is 0 Å². The second-order valence-electron chi connectivity index (χ2n) is 9.07. The van der Waals surface area contributed by atoms with E-state index in [0.29, 0.717) is 0 Å². The summed E-state index contributed by atoms with van der Waals surface area (Å²) in [6.45, 7) is 4.03. The molecule has 0 radical (unpaired) electrons. The van der Waals surface area contributed by atoms with Gasteiger partial charge in [0.05, 0.1) is 0 Å². The van der Waals surface area contributed by atoms with Gasteiger partial charge in [0.2, 0.25) is 0 Å². The van der Waals surface area contributed by atoms with E-state index in [1.54, 1.807) is 0 Å². The number of rotatable bonds is 0. The lowest BCUT2D eigenvalue weighted by Gasteiger charge is -2.22. The minimum absolute atomic E-state index is 1.02. The second-order valence-corrected chi connectivity index (χ2v) is 9.07.